The fourth-order valence-corrected chi connectivity index (χ4v) is 2.47. The van der Waals surface area contributed by atoms with Gasteiger partial charge in [0.2, 0.25) is 0 Å². The van der Waals surface area contributed by atoms with Crippen molar-refractivity contribution < 1.29 is 9.47 Å². The van der Waals surface area contributed by atoms with Crippen molar-refractivity contribution in [3.05, 3.63) is 29.8 Å². The summed E-state index contributed by atoms with van der Waals surface area (Å²) >= 11 is 0. The largest absolute Gasteiger partial charge is 0.492 e. The average molecular weight is 292 g/mol. The summed E-state index contributed by atoms with van der Waals surface area (Å²) in [5.74, 6) is 0.964. The Morgan fingerprint density at radius 3 is 2.90 bits per heavy atom. The van der Waals surface area contributed by atoms with Gasteiger partial charge in [-0.15, -0.1) is 0 Å². The molecule has 1 atom stereocenters. The third-order valence-corrected chi connectivity index (χ3v) is 3.84. The molecule has 1 saturated heterocycles. The molecule has 118 valence electrons. The van der Waals surface area contributed by atoms with Gasteiger partial charge >= 0.3 is 0 Å². The molecule has 1 aliphatic rings. The van der Waals surface area contributed by atoms with E-state index >= 15 is 0 Å². The summed E-state index contributed by atoms with van der Waals surface area (Å²) in [5.41, 5.74) is 1.28. The SMILES string of the molecule is CCCNC(C)c1cccc(OCCN2CCOCC2)c1. The molecule has 0 aliphatic carbocycles. The first-order valence-corrected chi connectivity index (χ1v) is 8.06. The first-order chi connectivity index (χ1) is 10.3. The highest BCUT2D eigenvalue weighted by molar-refractivity contribution is 5.30. The van der Waals surface area contributed by atoms with E-state index in [0.29, 0.717) is 6.04 Å². The van der Waals surface area contributed by atoms with Gasteiger partial charge in [0.15, 0.2) is 0 Å². The van der Waals surface area contributed by atoms with Crippen LogP contribution in [0.15, 0.2) is 24.3 Å². The Hall–Kier alpha value is -1.10. The summed E-state index contributed by atoms with van der Waals surface area (Å²) in [6, 6.07) is 8.78. The Labute approximate surface area is 128 Å². The fourth-order valence-electron chi connectivity index (χ4n) is 2.47. The zero-order valence-electron chi connectivity index (χ0n) is 13.3. The molecule has 21 heavy (non-hydrogen) atoms. The summed E-state index contributed by atoms with van der Waals surface area (Å²) < 4.78 is 11.2. The molecule has 0 aromatic heterocycles. The van der Waals surface area contributed by atoms with Gasteiger partial charge < -0.3 is 14.8 Å². The lowest BCUT2D eigenvalue weighted by molar-refractivity contribution is 0.0322. The molecule has 1 unspecified atom stereocenters. The predicted molar refractivity (Wildman–Crippen MR) is 85.9 cm³/mol. The Morgan fingerprint density at radius 1 is 1.33 bits per heavy atom. The molecule has 1 fully saturated rings. The normalized spacial score (nSPS) is 17.6. The third kappa shape index (κ3) is 5.65. The van der Waals surface area contributed by atoms with Crippen molar-refractivity contribution in [1.82, 2.24) is 10.2 Å². The van der Waals surface area contributed by atoms with Crippen LogP contribution >= 0.6 is 0 Å². The van der Waals surface area contributed by atoms with Crippen LogP contribution in [0.25, 0.3) is 0 Å². The van der Waals surface area contributed by atoms with Gasteiger partial charge in [-0.2, -0.15) is 0 Å². The van der Waals surface area contributed by atoms with Crippen LogP contribution in [-0.2, 0) is 4.74 Å². The summed E-state index contributed by atoms with van der Waals surface area (Å²) in [6.45, 7) is 10.9. The van der Waals surface area contributed by atoms with Gasteiger partial charge in [-0.25, -0.2) is 0 Å². The fraction of sp³-hybridized carbons (Fsp3) is 0.647. The second kappa shape index (κ2) is 9.03. The molecule has 0 amide bonds. The predicted octanol–water partition coefficient (Wildman–Crippen LogP) is 2.46. The highest BCUT2D eigenvalue weighted by Gasteiger charge is 2.10. The number of benzene rings is 1. The van der Waals surface area contributed by atoms with E-state index in [1.807, 2.05) is 6.07 Å². The lowest BCUT2D eigenvalue weighted by Gasteiger charge is -2.26. The van der Waals surface area contributed by atoms with E-state index < -0.39 is 0 Å². The van der Waals surface area contributed by atoms with Crippen LogP contribution in [0.3, 0.4) is 0 Å². The molecule has 1 heterocycles. The molecule has 1 aliphatic heterocycles. The van der Waals surface area contributed by atoms with E-state index in [0.717, 1.165) is 58.2 Å². The van der Waals surface area contributed by atoms with Crippen molar-refractivity contribution in [2.24, 2.45) is 0 Å². The second-order valence-electron chi connectivity index (χ2n) is 5.55. The standard InChI is InChI=1S/C17H28N2O2/c1-3-7-18-15(2)16-5-4-6-17(14-16)21-13-10-19-8-11-20-12-9-19/h4-6,14-15,18H,3,7-13H2,1-2H3. The maximum absolute atomic E-state index is 5.89. The molecule has 0 spiro atoms. The molecule has 4 nitrogen and oxygen atoms in total. The molecule has 1 aromatic rings. The van der Waals surface area contributed by atoms with Gasteiger partial charge in [-0.3, -0.25) is 4.90 Å². The Kier molecular flexibility index (Phi) is 7.00. The first kappa shape index (κ1) is 16.3. The van der Waals surface area contributed by atoms with E-state index in [4.69, 9.17) is 9.47 Å². The van der Waals surface area contributed by atoms with Crippen molar-refractivity contribution >= 4 is 0 Å². The summed E-state index contributed by atoms with van der Waals surface area (Å²) in [6.07, 6.45) is 1.15. The minimum atomic E-state index is 0.368. The van der Waals surface area contributed by atoms with Crippen molar-refractivity contribution in [2.75, 3.05) is 46.0 Å². The molecular formula is C17H28N2O2. The van der Waals surface area contributed by atoms with E-state index in [9.17, 15) is 0 Å². The third-order valence-electron chi connectivity index (χ3n) is 3.84. The van der Waals surface area contributed by atoms with E-state index in [1.54, 1.807) is 0 Å². The topological polar surface area (TPSA) is 33.7 Å². The van der Waals surface area contributed by atoms with Crippen molar-refractivity contribution in [2.45, 2.75) is 26.3 Å². The smallest absolute Gasteiger partial charge is 0.119 e. The lowest BCUT2D eigenvalue weighted by atomic mass is 10.1. The maximum atomic E-state index is 5.89. The van der Waals surface area contributed by atoms with E-state index in [2.05, 4.69) is 42.3 Å². The van der Waals surface area contributed by atoms with Gasteiger partial charge in [0.25, 0.3) is 0 Å². The van der Waals surface area contributed by atoms with Gasteiger partial charge in [0.1, 0.15) is 12.4 Å². The molecule has 0 bridgehead atoms. The summed E-state index contributed by atoms with van der Waals surface area (Å²) in [5, 5.41) is 3.51. The monoisotopic (exact) mass is 292 g/mol. The second-order valence-corrected chi connectivity index (χ2v) is 5.55. The van der Waals surface area contributed by atoms with Crippen LogP contribution < -0.4 is 10.1 Å². The maximum Gasteiger partial charge on any atom is 0.119 e. The van der Waals surface area contributed by atoms with Gasteiger partial charge in [0.05, 0.1) is 13.2 Å². The molecule has 0 radical (unpaired) electrons. The van der Waals surface area contributed by atoms with E-state index in [-0.39, 0.29) is 0 Å². The zero-order valence-corrected chi connectivity index (χ0v) is 13.3. The van der Waals surface area contributed by atoms with E-state index in [1.165, 1.54) is 5.56 Å². The molecule has 2 rings (SSSR count). The number of rotatable bonds is 8. The minimum Gasteiger partial charge on any atom is -0.492 e. The van der Waals surface area contributed by atoms with Crippen LogP contribution in [0.1, 0.15) is 31.9 Å². The van der Waals surface area contributed by atoms with Gasteiger partial charge in [0, 0.05) is 25.7 Å². The first-order valence-electron chi connectivity index (χ1n) is 8.06. The van der Waals surface area contributed by atoms with Crippen LogP contribution in [-0.4, -0.2) is 50.9 Å². The molecule has 1 N–H and O–H groups in total. The molecule has 0 saturated carbocycles. The minimum absolute atomic E-state index is 0.368. The Balaban J connectivity index is 1.77. The summed E-state index contributed by atoms with van der Waals surface area (Å²) in [4.78, 5) is 2.39. The Bertz CT molecular complexity index is 406. The molecular weight excluding hydrogens is 264 g/mol. The Morgan fingerprint density at radius 2 is 2.14 bits per heavy atom. The number of hydrogen-bond acceptors (Lipinski definition) is 4. The van der Waals surface area contributed by atoms with Crippen molar-refractivity contribution in [1.29, 1.82) is 0 Å². The zero-order chi connectivity index (χ0) is 14.9. The van der Waals surface area contributed by atoms with Gasteiger partial charge in [-0.1, -0.05) is 19.1 Å². The number of nitrogens with one attached hydrogen (secondary N) is 1. The average Bonchev–Trinajstić information content (AvgIpc) is 2.54. The van der Waals surface area contributed by atoms with Crippen molar-refractivity contribution in [3.8, 4) is 5.75 Å². The highest BCUT2D eigenvalue weighted by atomic mass is 16.5. The van der Waals surface area contributed by atoms with Crippen LogP contribution in [0.2, 0.25) is 0 Å². The molecule has 4 heteroatoms. The highest BCUT2D eigenvalue weighted by Crippen LogP contribution is 2.19. The number of hydrogen-bond donors (Lipinski definition) is 1. The van der Waals surface area contributed by atoms with Gasteiger partial charge in [-0.05, 0) is 37.6 Å². The quantitative estimate of drug-likeness (QED) is 0.798. The number of ether oxygens (including phenoxy) is 2. The van der Waals surface area contributed by atoms with Crippen LogP contribution in [0, 0.1) is 0 Å². The summed E-state index contributed by atoms with van der Waals surface area (Å²) in [7, 11) is 0. The van der Waals surface area contributed by atoms with Crippen LogP contribution in [0.4, 0.5) is 0 Å². The van der Waals surface area contributed by atoms with Crippen LogP contribution in [0.5, 0.6) is 5.75 Å². The van der Waals surface area contributed by atoms with Crippen molar-refractivity contribution in [3.63, 3.8) is 0 Å². The number of morpholine rings is 1. The molecule has 1 aromatic carbocycles. The number of nitrogens with zero attached hydrogens (tertiary/aromatic N) is 1. The lowest BCUT2D eigenvalue weighted by Crippen LogP contribution is -2.38.